The molecule has 0 spiro atoms. The van der Waals surface area contributed by atoms with Gasteiger partial charge in [-0.2, -0.15) is 0 Å². The third-order valence-corrected chi connectivity index (χ3v) is 8.47. The van der Waals surface area contributed by atoms with E-state index in [2.05, 4.69) is 176 Å². The maximum absolute atomic E-state index is 5.34. The van der Waals surface area contributed by atoms with Gasteiger partial charge in [0.05, 0.1) is 11.4 Å². The predicted molar refractivity (Wildman–Crippen MR) is 186 cm³/mol. The fraction of sp³-hybridized carbons (Fsp3) is 0. The van der Waals surface area contributed by atoms with Crippen LogP contribution in [-0.2, 0) is 0 Å². The zero-order valence-corrected chi connectivity index (χ0v) is 24.2. The van der Waals surface area contributed by atoms with Gasteiger partial charge in [0.1, 0.15) is 0 Å². The summed E-state index contributed by atoms with van der Waals surface area (Å²) in [6, 6.07) is 62.6. The molecule has 0 unspecified atom stereocenters. The van der Waals surface area contributed by atoms with Gasteiger partial charge in [-0.1, -0.05) is 164 Å². The fourth-order valence-electron chi connectivity index (χ4n) is 6.46. The van der Waals surface area contributed by atoms with Crippen LogP contribution >= 0.6 is 0 Å². The van der Waals surface area contributed by atoms with Gasteiger partial charge in [-0.25, -0.2) is 4.98 Å². The summed E-state index contributed by atoms with van der Waals surface area (Å²) in [6.07, 6.45) is 0. The lowest BCUT2D eigenvalue weighted by atomic mass is 9.85. The van der Waals surface area contributed by atoms with E-state index < -0.39 is 0 Å². The first-order valence-electron chi connectivity index (χ1n) is 15.1. The Morgan fingerprint density at radius 3 is 1.32 bits per heavy atom. The van der Waals surface area contributed by atoms with Gasteiger partial charge in [-0.3, -0.25) is 0 Å². The smallest absolute Gasteiger partial charge is 0.0787 e. The molecule has 0 radical (unpaired) electrons. The molecule has 0 amide bonds. The van der Waals surface area contributed by atoms with E-state index in [4.69, 9.17) is 4.98 Å². The van der Waals surface area contributed by atoms with Crippen molar-refractivity contribution < 1.29 is 0 Å². The molecule has 0 aliphatic rings. The van der Waals surface area contributed by atoms with Crippen LogP contribution in [0.5, 0.6) is 0 Å². The molecule has 8 rings (SSSR count). The highest BCUT2D eigenvalue weighted by Crippen LogP contribution is 2.45. The third kappa shape index (κ3) is 4.56. The Kier molecular flexibility index (Phi) is 6.55. The minimum atomic E-state index is 0.957. The Morgan fingerprint density at radius 1 is 0.295 bits per heavy atom. The highest BCUT2D eigenvalue weighted by atomic mass is 14.7. The van der Waals surface area contributed by atoms with Crippen LogP contribution in [0.15, 0.2) is 176 Å². The second-order valence-corrected chi connectivity index (χ2v) is 11.1. The van der Waals surface area contributed by atoms with Crippen LogP contribution in [0, 0.1) is 0 Å². The van der Waals surface area contributed by atoms with Crippen LogP contribution in [-0.4, -0.2) is 4.98 Å². The van der Waals surface area contributed by atoms with Gasteiger partial charge >= 0.3 is 0 Å². The predicted octanol–water partition coefficient (Wildman–Crippen LogP) is 11.7. The first-order chi connectivity index (χ1) is 21.8. The topological polar surface area (TPSA) is 12.9 Å². The zero-order valence-electron chi connectivity index (χ0n) is 24.2. The molecule has 1 heteroatoms. The average molecular weight is 560 g/mol. The molecule has 1 nitrogen and oxygen atoms in total. The van der Waals surface area contributed by atoms with E-state index in [9.17, 15) is 0 Å². The van der Waals surface area contributed by atoms with E-state index >= 15 is 0 Å². The van der Waals surface area contributed by atoms with Gasteiger partial charge in [-0.05, 0) is 61.5 Å². The molecule has 8 aromatic rings. The summed E-state index contributed by atoms with van der Waals surface area (Å²) in [4.78, 5) is 5.34. The quantitative estimate of drug-likeness (QED) is 0.191. The molecule has 0 saturated carbocycles. The van der Waals surface area contributed by atoms with Crippen molar-refractivity contribution in [2.45, 2.75) is 0 Å². The minimum Gasteiger partial charge on any atom is -0.247 e. The van der Waals surface area contributed by atoms with Crippen molar-refractivity contribution >= 4 is 21.5 Å². The SMILES string of the molecule is c1ccc(-c2ccc(-c3ccc4c(-c5ccccc5)c5ccccc5c(-c5ccccc5)c4c3)nc2-c2ccccc2)cc1. The van der Waals surface area contributed by atoms with E-state index in [1.807, 2.05) is 0 Å². The number of pyridine rings is 1. The lowest BCUT2D eigenvalue weighted by molar-refractivity contribution is 1.32. The molecule has 0 bridgehead atoms. The van der Waals surface area contributed by atoms with E-state index in [1.54, 1.807) is 0 Å². The van der Waals surface area contributed by atoms with Crippen LogP contribution in [0.2, 0.25) is 0 Å². The maximum atomic E-state index is 5.34. The van der Waals surface area contributed by atoms with Crippen molar-refractivity contribution in [3.05, 3.63) is 176 Å². The molecule has 0 aliphatic heterocycles. The second kappa shape index (κ2) is 11.1. The molecular weight excluding hydrogens is 530 g/mol. The van der Waals surface area contributed by atoms with E-state index in [1.165, 1.54) is 43.8 Å². The van der Waals surface area contributed by atoms with Gasteiger partial charge < -0.3 is 0 Å². The van der Waals surface area contributed by atoms with E-state index in [-0.39, 0.29) is 0 Å². The van der Waals surface area contributed by atoms with Crippen LogP contribution in [0.3, 0.4) is 0 Å². The number of aromatic nitrogens is 1. The molecule has 0 saturated heterocycles. The van der Waals surface area contributed by atoms with Crippen LogP contribution in [0.25, 0.3) is 77.4 Å². The molecular formula is C43H29N. The Morgan fingerprint density at radius 2 is 0.750 bits per heavy atom. The van der Waals surface area contributed by atoms with Crippen molar-refractivity contribution in [2.75, 3.05) is 0 Å². The Balaban J connectivity index is 1.42. The van der Waals surface area contributed by atoms with Crippen molar-refractivity contribution in [1.82, 2.24) is 4.98 Å². The number of hydrogen-bond acceptors (Lipinski definition) is 1. The number of nitrogens with zero attached hydrogens (tertiary/aromatic N) is 1. The van der Waals surface area contributed by atoms with Crippen molar-refractivity contribution in [3.63, 3.8) is 0 Å². The van der Waals surface area contributed by atoms with Crippen molar-refractivity contribution in [1.29, 1.82) is 0 Å². The fourth-order valence-corrected chi connectivity index (χ4v) is 6.46. The molecule has 0 fully saturated rings. The first-order valence-corrected chi connectivity index (χ1v) is 15.1. The monoisotopic (exact) mass is 559 g/mol. The first kappa shape index (κ1) is 25.9. The standard InChI is InChI=1S/C43H29N/c1-5-15-30(16-6-1)35-27-28-40(44-43(35)33-21-11-4-12-22-33)34-25-26-38-39(29-34)42(32-19-9-3-10-20-32)37-24-14-13-23-36(37)41(38)31-17-7-2-8-18-31/h1-29H. The molecule has 1 heterocycles. The third-order valence-electron chi connectivity index (χ3n) is 8.47. The Hall–Kier alpha value is -5.79. The normalized spacial score (nSPS) is 11.2. The van der Waals surface area contributed by atoms with Gasteiger partial charge in [-0.15, -0.1) is 0 Å². The molecule has 206 valence electrons. The van der Waals surface area contributed by atoms with Crippen molar-refractivity contribution in [3.8, 4) is 55.9 Å². The highest BCUT2D eigenvalue weighted by Gasteiger charge is 2.18. The molecule has 1 aromatic heterocycles. The number of hydrogen-bond donors (Lipinski definition) is 0. The molecule has 0 aliphatic carbocycles. The lowest BCUT2D eigenvalue weighted by Crippen LogP contribution is -1.94. The number of rotatable bonds is 5. The lowest BCUT2D eigenvalue weighted by Gasteiger charge is -2.19. The largest absolute Gasteiger partial charge is 0.247 e. The summed E-state index contributed by atoms with van der Waals surface area (Å²) in [5.74, 6) is 0. The summed E-state index contributed by atoms with van der Waals surface area (Å²) in [5, 5.41) is 4.97. The Labute approximate surface area is 257 Å². The maximum Gasteiger partial charge on any atom is 0.0787 e. The summed E-state index contributed by atoms with van der Waals surface area (Å²) in [6.45, 7) is 0. The summed E-state index contributed by atoms with van der Waals surface area (Å²) in [7, 11) is 0. The average Bonchev–Trinajstić information content (AvgIpc) is 3.11. The van der Waals surface area contributed by atoms with Crippen LogP contribution < -0.4 is 0 Å². The zero-order chi connectivity index (χ0) is 29.3. The molecule has 7 aromatic carbocycles. The molecule has 0 N–H and O–H groups in total. The summed E-state index contributed by atoms with van der Waals surface area (Å²) in [5.41, 5.74) is 11.4. The highest BCUT2D eigenvalue weighted by molar-refractivity contribution is 6.21. The van der Waals surface area contributed by atoms with E-state index in [0.717, 1.165) is 33.6 Å². The molecule has 0 atom stereocenters. The van der Waals surface area contributed by atoms with Gasteiger partial charge in [0.2, 0.25) is 0 Å². The number of fused-ring (bicyclic) bond motifs is 2. The van der Waals surface area contributed by atoms with E-state index in [0.29, 0.717) is 0 Å². The van der Waals surface area contributed by atoms with Gasteiger partial charge in [0, 0.05) is 16.7 Å². The summed E-state index contributed by atoms with van der Waals surface area (Å²) < 4.78 is 0. The Bertz CT molecular complexity index is 2240. The summed E-state index contributed by atoms with van der Waals surface area (Å²) >= 11 is 0. The van der Waals surface area contributed by atoms with Gasteiger partial charge in [0.15, 0.2) is 0 Å². The molecule has 44 heavy (non-hydrogen) atoms. The van der Waals surface area contributed by atoms with Crippen LogP contribution in [0.1, 0.15) is 0 Å². The number of benzene rings is 7. The second-order valence-electron chi connectivity index (χ2n) is 11.1. The van der Waals surface area contributed by atoms with Gasteiger partial charge in [0.25, 0.3) is 0 Å². The van der Waals surface area contributed by atoms with Crippen LogP contribution in [0.4, 0.5) is 0 Å². The minimum absolute atomic E-state index is 0.957. The van der Waals surface area contributed by atoms with Crippen molar-refractivity contribution in [2.24, 2.45) is 0 Å².